The fourth-order valence-corrected chi connectivity index (χ4v) is 1.82. The van der Waals surface area contributed by atoms with Crippen molar-refractivity contribution in [1.29, 1.82) is 0 Å². The van der Waals surface area contributed by atoms with Crippen LogP contribution in [0.4, 0.5) is 0 Å². The third kappa shape index (κ3) is 9.15. The minimum atomic E-state index is -0.525. The van der Waals surface area contributed by atoms with Crippen molar-refractivity contribution >= 4 is 11.9 Å². The van der Waals surface area contributed by atoms with E-state index in [0.717, 1.165) is 11.1 Å². The van der Waals surface area contributed by atoms with Crippen LogP contribution < -0.4 is 0 Å². The molecule has 0 radical (unpaired) electrons. The molecule has 0 bridgehead atoms. The molecule has 1 aromatic rings. The van der Waals surface area contributed by atoms with Crippen LogP contribution in [0.15, 0.2) is 48.6 Å². The Bertz CT molecular complexity index is 584. The van der Waals surface area contributed by atoms with Gasteiger partial charge in [0.2, 0.25) is 0 Å². The van der Waals surface area contributed by atoms with Crippen LogP contribution >= 0.6 is 0 Å². The fourth-order valence-electron chi connectivity index (χ4n) is 1.82. The molecule has 0 fully saturated rings. The van der Waals surface area contributed by atoms with Crippen LogP contribution in [0.5, 0.6) is 0 Å². The lowest BCUT2D eigenvalue weighted by molar-refractivity contribution is 0.0344. The van der Waals surface area contributed by atoms with Crippen molar-refractivity contribution in [1.82, 2.24) is 0 Å². The maximum absolute atomic E-state index is 12.0. The molecule has 0 unspecified atom stereocenters. The molecule has 142 valence electrons. The summed E-state index contributed by atoms with van der Waals surface area (Å²) in [4.78, 5) is 24.0. The van der Waals surface area contributed by atoms with Crippen LogP contribution in [0.25, 0.3) is 0 Å². The number of hydrogen-bond acceptors (Lipinski definition) is 6. The molecule has 0 amide bonds. The van der Waals surface area contributed by atoms with E-state index in [2.05, 4.69) is 13.2 Å². The molecule has 0 atom stereocenters. The Morgan fingerprint density at radius 1 is 0.808 bits per heavy atom. The van der Waals surface area contributed by atoms with Crippen molar-refractivity contribution in [2.75, 3.05) is 39.6 Å². The largest absolute Gasteiger partial charge is 0.460 e. The first-order chi connectivity index (χ1) is 12.4. The molecule has 0 aliphatic rings. The van der Waals surface area contributed by atoms with E-state index in [0.29, 0.717) is 13.2 Å². The number of benzene rings is 1. The van der Waals surface area contributed by atoms with Crippen molar-refractivity contribution in [3.63, 3.8) is 0 Å². The normalized spacial score (nSPS) is 10.2. The van der Waals surface area contributed by atoms with Crippen LogP contribution in [0.1, 0.15) is 34.6 Å². The van der Waals surface area contributed by atoms with Crippen molar-refractivity contribution in [2.24, 2.45) is 0 Å². The van der Waals surface area contributed by atoms with Gasteiger partial charge in [0.05, 0.1) is 37.6 Å². The van der Waals surface area contributed by atoms with Crippen molar-refractivity contribution < 1.29 is 28.5 Å². The number of carbonyl (C=O) groups is 2. The van der Waals surface area contributed by atoms with E-state index in [1.807, 2.05) is 13.8 Å². The first-order valence-electron chi connectivity index (χ1n) is 8.28. The molecular formula is C20H26O6. The first kappa shape index (κ1) is 21.6. The summed E-state index contributed by atoms with van der Waals surface area (Å²) in [7, 11) is 0. The van der Waals surface area contributed by atoms with Gasteiger partial charge in [0.1, 0.15) is 13.2 Å². The maximum Gasteiger partial charge on any atom is 0.338 e. The minimum absolute atomic E-state index is 0.126. The molecule has 0 spiro atoms. The second kappa shape index (κ2) is 12.0. The minimum Gasteiger partial charge on any atom is -0.460 e. The van der Waals surface area contributed by atoms with E-state index in [9.17, 15) is 9.59 Å². The molecule has 0 saturated carbocycles. The standard InChI is InChI=1S/C20H26O6/c1-15(2)13-23-8-10-25-19(21)17-6-5-7-18(12-17)20(22)26-11-9-24-14-16(3)4/h5-7,12H,1,3,8-11,13-14H2,2,4H3. The van der Waals surface area contributed by atoms with Gasteiger partial charge in [-0.2, -0.15) is 0 Å². The zero-order chi connectivity index (χ0) is 19.4. The Morgan fingerprint density at radius 2 is 1.23 bits per heavy atom. The van der Waals surface area contributed by atoms with E-state index in [1.165, 1.54) is 6.07 Å². The predicted octanol–water partition coefficient (Wildman–Crippen LogP) is 3.19. The molecule has 6 heteroatoms. The Labute approximate surface area is 154 Å². The van der Waals surface area contributed by atoms with Crippen LogP contribution in [0.2, 0.25) is 0 Å². The molecule has 26 heavy (non-hydrogen) atoms. The molecule has 1 rings (SSSR count). The Balaban J connectivity index is 2.40. The molecule has 0 aromatic heterocycles. The predicted molar refractivity (Wildman–Crippen MR) is 98.3 cm³/mol. The van der Waals surface area contributed by atoms with Gasteiger partial charge in [-0.1, -0.05) is 30.4 Å². The summed E-state index contributed by atoms with van der Waals surface area (Å²) in [5, 5.41) is 0. The molecule has 0 N–H and O–H groups in total. The molecular weight excluding hydrogens is 336 g/mol. The summed E-state index contributed by atoms with van der Waals surface area (Å²) in [6, 6.07) is 6.18. The third-order valence-electron chi connectivity index (χ3n) is 2.95. The Morgan fingerprint density at radius 3 is 1.62 bits per heavy atom. The number of rotatable bonds is 12. The zero-order valence-electron chi connectivity index (χ0n) is 15.4. The number of hydrogen-bond donors (Lipinski definition) is 0. The zero-order valence-corrected chi connectivity index (χ0v) is 15.4. The summed E-state index contributed by atoms with van der Waals surface area (Å²) in [6.45, 7) is 12.8. The van der Waals surface area contributed by atoms with Gasteiger partial charge in [-0.05, 0) is 32.0 Å². The summed E-state index contributed by atoms with van der Waals surface area (Å²) in [6.07, 6.45) is 0. The van der Waals surface area contributed by atoms with E-state index in [-0.39, 0.29) is 37.6 Å². The Kier molecular flexibility index (Phi) is 9.97. The van der Waals surface area contributed by atoms with Crippen LogP contribution in [0.3, 0.4) is 0 Å². The smallest absolute Gasteiger partial charge is 0.338 e. The summed E-state index contributed by atoms with van der Waals surface area (Å²) in [5.74, 6) is -1.05. The SMILES string of the molecule is C=C(C)COCCOC(=O)c1cccc(C(=O)OCCOCC(=C)C)c1. The lowest BCUT2D eigenvalue weighted by Gasteiger charge is -2.08. The van der Waals surface area contributed by atoms with Gasteiger partial charge in [0.15, 0.2) is 0 Å². The quantitative estimate of drug-likeness (QED) is 0.323. The summed E-state index contributed by atoms with van der Waals surface area (Å²) < 4.78 is 20.7. The van der Waals surface area contributed by atoms with Gasteiger partial charge in [0.25, 0.3) is 0 Å². The van der Waals surface area contributed by atoms with Crippen molar-refractivity contribution in [3.8, 4) is 0 Å². The molecule has 0 saturated heterocycles. The van der Waals surface area contributed by atoms with Crippen LogP contribution in [-0.2, 0) is 18.9 Å². The van der Waals surface area contributed by atoms with Crippen molar-refractivity contribution in [3.05, 3.63) is 59.7 Å². The third-order valence-corrected chi connectivity index (χ3v) is 2.95. The van der Waals surface area contributed by atoms with E-state index in [1.54, 1.807) is 18.2 Å². The average molecular weight is 362 g/mol. The van der Waals surface area contributed by atoms with Gasteiger partial charge >= 0.3 is 11.9 Å². The number of carbonyl (C=O) groups excluding carboxylic acids is 2. The van der Waals surface area contributed by atoms with Gasteiger partial charge in [-0.15, -0.1) is 0 Å². The highest BCUT2D eigenvalue weighted by atomic mass is 16.6. The van der Waals surface area contributed by atoms with E-state index < -0.39 is 11.9 Å². The number of ether oxygens (including phenoxy) is 4. The van der Waals surface area contributed by atoms with Gasteiger partial charge < -0.3 is 18.9 Å². The summed E-state index contributed by atoms with van der Waals surface area (Å²) >= 11 is 0. The highest BCUT2D eigenvalue weighted by Gasteiger charge is 2.12. The van der Waals surface area contributed by atoms with Crippen molar-refractivity contribution in [2.45, 2.75) is 13.8 Å². The topological polar surface area (TPSA) is 71.1 Å². The van der Waals surface area contributed by atoms with E-state index >= 15 is 0 Å². The fraction of sp³-hybridized carbons (Fsp3) is 0.400. The summed E-state index contributed by atoms with van der Waals surface area (Å²) in [5.41, 5.74) is 2.34. The molecule has 1 aromatic carbocycles. The number of esters is 2. The monoisotopic (exact) mass is 362 g/mol. The Hall–Kier alpha value is -2.44. The highest BCUT2D eigenvalue weighted by Crippen LogP contribution is 2.08. The maximum atomic E-state index is 12.0. The second-order valence-electron chi connectivity index (χ2n) is 5.87. The lowest BCUT2D eigenvalue weighted by Crippen LogP contribution is -2.14. The van der Waals surface area contributed by atoms with Gasteiger partial charge in [0, 0.05) is 0 Å². The van der Waals surface area contributed by atoms with Crippen LogP contribution in [-0.4, -0.2) is 51.6 Å². The first-order valence-corrected chi connectivity index (χ1v) is 8.28. The van der Waals surface area contributed by atoms with Gasteiger partial charge in [-0.25, -0.2) is 9.59 Å². The molecule has 0 aliphatic heterocycles. The highest BCUT2D eigenvalue weighted by molar-refractivity contribution is 5.95. The molecule has 0 aliphatic carbocycles. The lowest BCUT2D eigenvalue weighted by atomic mass is 10.1. The van der Waals surface area contributed by atoms with Crippen LogP contribution in [0, 0.1) is 0 Å². The second-order valence-corrected chi connectivity index (χ2v) is 5.87. The molecule has 0 heterocycles. The van der Waals surface area contributed by atoms with Gasteiger partial charge in [-0.3, -0.25) is 0 Å². The molecule has 6 nitrogen and oxygen atoms in total. The van der Waals surface area contributed by atoms with E-state index in [4.69, 9.17) is 18.9 Å². The average Bonchev–Trinajstić information content (AvgIpc) is 2.60.